The predicted molar refractivity (Wildman–Crippen MR) is 73.9 cm³/mol. The molecule has 1 aromatic heterocycles. The van der Waals surface area contributed by atoms with Gasteiger partial charge in [-0.3, -0.25) is 0 Å². The quantitative estimate of drug-likeness (QED) is 0.802. The van der Waals surface area contributed by atoms with Gasteiger partial charge in [-0.25, -0.2) is 9.78 Å². The van der Waals surface area contributed by atoms with Gasteiger partial charge in [0.05, 0.1) is 7.11 Å². The third kappa shape index (κ3) is 2.60. The molecule has 1 heterocycles. The van der Waals surface area contributed by atoms with E-state index >= 15 is 0 Å². The van der Waals surface area contributed by atoms with Crippen molar-refractivity contribution in [2.75, 3.05) is 12.8 Å². The highest BCUT2D eigenvalue weighted by atomic mass is 16.5. The molecule has 0 spiro atoms. The Hall–Kier alpha value is -1.52. The molecule has 0 unspecified atom stereocenters. The maximum Gasteiger partial charge on any atom is 0.360 e. The Balaban J connectivity index is 2.29. The molecule has 1 aliphatic carbocycles. The van der Waals surface area contributed by atoms with Crippen molar-refractivity contribution in [3.8, 4) is 0 Å². The zero-order valence-electron chi connectivity index (χ0n) is 12.0. The van der Waals surface area contributed by atoms with Crippen LogP contribution in [0.2, 0.25) is 0 Å². The van der Waals surface area contributed by atoms with E-state index in [9.17, 15) is 4.79 Å². The number of hydrogen-bond donors (Lipinski definition) is 1. The lowest BCUT2D eigenvalue weighted by Gasteiger charge is -2.17. The van der Waals surface area contributed by atoms with E-state index in [0.717, 1.165) is 18.8 Å². The first-order valence-corrected chi connectivity index (χ1v) is 7.00. The second-order valence-corrected chi connectivity index (χ2v) is 5.44. The molecular formula is C14H23N3O2. The number of anilines is 1. The highest BCUT2D eigenvalue weighted by Gasteiger charge is 2.42. The van der Waals surface area contributed by atoms with Crippen molar-refractivity contribution in [1.82, 2.24) is 9.55 Å². The summed E-state index contributed by atoms with van der Waals surface area (Å²) in [5, 5.41) is 0. The van der Waals surface area contributed by atoms with E-state index in [4.69, 9.17) is 10.5 Å². The number of methoxy groups -OCH3 is 1. The van der Waals surface area contributed by atoms with Crippen LogP contribution in [0, 0.1) is 5.41 Å². The zero-order valence-corrected chi connectivity index (χ0v) is 12.0. The first kappa shape index (κ1) is 13.9. The Labute approximate surface area is 114 Å². The van der Waals surface area contributed by atoms with Crippen LogP contribution >= 0.6 is 0 Å². The molecule has 0 aliphatic heterocycles. The van der Waals surface area contributed by atoms with Crippen LogP contribution in [0.25, 0.3) is 0 Å². The van der Waals surface area contributed by atoms with Crippen molar-refractivity contribution in [3.05, 3.63) is 11.5 Å². The third-order valence-corrected chi connectivity index (χ3v) is 4.01. The summed E-state index contributed by atoms with van der Waals surface area (Å²) in [4.78, 5) is 16.0. The van der Waals surface area contributed by atoms with Crippen molar-refractivity contribution >= 4 is 11.8 Å². The second-order valence-electron chi connectivity index (χ2n) is 5.44. The number of carbonyl (C=O) groups is 1. The number of nitrogen functional groups attached to an aromatic ring is 1. The van der Waals surface area contributed by atoms with Crippen molar-refractivity contribution in [2.24, 2.45) is 5.41 Å². The molecule has 106 valence electrons. The van der Waals surface area contributed by atoms with Crippen LogP contribution < -0.4 is 5.73 Å². The Bertz CT molecular complexity index is 475. The second kappa shape index (κ2) is 5.23. The number of esters is 1. The summed E-state index contributed by atoms with van der Waals surface area (Å²) in [5.41, 5.74) is 6.72. The average Bonchev–Trinajstić information content (AvgIpc) is 3.09. The molecule has 1 aromatic rings. The Morgan fingerprint density at radius 2 is 2.16 bits per heavy atom. The topological polar surface area (TPSA) is 70.1 Å². The Morgan fingerprint density at radius 3 is 2.63 bits per heavy atom. The van der Waals surface area contributed by atoms with Gasteiger partial charge in [0.2, 0.25) is 0 Å². The van der Waals surface area contributed by atoms with Gasteiger partial charge in [-0.05, 0) is 24.7 Å². The van der Waals surface area contributed by atoms with E-state index in [2.05, 4.69) is 11.9 Å². The minimum Gasteiger partial charge on any atom is -0.464 e. The molecule has 5 nitrogen and oxygen atoms in total. The molecule has 19 heavy (non-hydrogen) atoms. The number of imidazole rings is 1. The fourth-order valence-corrected chi connectivity index (χ4v) is 2.74. The van der Waals surface area contributed by atoms with E-state index < -0.39 is 5.97 Å². The summed E-state index contributed by atoms with van der Waals surface area (Å²) >= 11 is 0. The molecule has 2 rings (SSSR count). The van der Waals surface area contributed by atoms with Crippen LogP contribution in [0.4, 0.5) is 5.82 Å². The lowest BCUT2D eigenvalue weighted by molar-refractivity contribution is 0.0595. The fourth-order valence-electron chi connectivity index (χ4n) is 2.74. The number of ether oxygens (including phenoxy) is 1. The summed E-state index contributed by atoms with van der Waals surface area (Å²) in [6, 6.07) is 0. The molecule has 0 radical (unpaired) electrons. The SMILES string of the molecule is CCCC1(Cn2c(CC)nc(C(=O)OC)c2N)CC1. The van der Waals surface area contributed by atoms with Gasteiger partial charge in [-0.2, -0.15) is 0 Å². The largest absolute Gasteiger partial charge is 0.464 e. The number of rotatable bonds is 6. The van der Waals surface area contributed by atoms with Crippen LogP contribution in [-0.2, 0) is 17.7 Å². The average molecular weight is 265 g/mol. The van der Waals surface area contributed by atoms with Crippen molar-refractivity contribution < 1.29 is 9.53 Å². The summed E-state index contributed by atoms with van der Waals surface area (Å²) in [6.45, 7) is 5.11. The van der Waals surface area contributed by atoms with Gasteiger partial charge >= 0.3 is 5.97 Å². The highest BCUT2D eigenvalue weighted by molar-refractivity contribution is 5.92. The molecule has 5 heteroatoms. The van der Waals surface area contributed by atoms with Gasteiger partial charge in [0.25, 0.3) is 0 Å². The predicted octanol–water partition coefficient (Wildman–Crippen LogP) is 2.39. The Kier molecular flexibility index (Phi) is 3.83. The van der Waals surface area contributed by atoms with Crippen molar-refractivity contribution in [2.45, 2.75) is 52.5 Å². The van der Waals surface area contributed by atoms with Gasteiger partial charge in [-0.1, -0.05) is 20.3 Å². The van der Waals surface area contributed by atoms with Gasteiger partial charge in [0.15, 0.2) is 5.69 Å². The van der Waals surface area contributed by atoms with Gasteiger partial charge in [0.1, 0.15) is 11.6 Å². The van der Waals surface area contributed by atoms with E-state index in [0.29, 0.717) is 11.2 Å². The molecule has 0 amide bonds. The Morgan fingerprint density at radius 1 is 1.47 bits per heavy atom. The summed E-state index contributed by atoms with van der Waals surface area (Å²) in [6.07, 6.45) is 5.65. The molecule has 1 fully saturated rings. The minimum absolute atomic E-state index is 0.256. The number of nitrogens with two attached hydrogens (primary N) is 1. The van der Waals surface area contributed by atoms with E-state index in [1.807, 2.05) is 11.5 Å². The van der Waals surface area contributed by atoms with Crippen LogP contribution in [-0.4, -0.2) is 22.6 Å². The molecule has 2 N–H and O–H groups in total. The monoisotopic (exact) mass is 265 g/mol. The van der Waals surface area contributed by atoms with E-state index in [1.165, 1.54) is 32.8 Å². The lowest BCUT2D eigenvalue weighted by Crippen LogP contribution is -2.16. The molecular weight excluding hydrogens is 242 g/mol. The number of carbonyl (C=O) groups excluding carboxylic acids is 1. The minimum atomic E-state index is -0.453. The summed E-state index contributed by atoms with van der Waals surface area (Å²) in [5.74, 6) is 0.873. The van der Waals surface area contributed by atoms with Crippen LogP contribution in [0.15, 0.2) is 0 Å². The van der Waals surface area contributed by atoms with Gasteiger partial charge < -0.3 is 15.0 Å². The summed E-state index contributed by atoms with van der Waals surface area (Å²) in [7, 11) is 1.35. The molecule has 0 atom stereocenters. The molecule has 1 aliphatic rings. The molecule has 0 aromatic carbocycles. The maximum absolute atomic E-state index is 11.6. The summed E-state index contributed by atoms with van der Waals surface area (Å²) < 4.78 is 6.74. The standard InChI is InChI=1S/C14H23N3O2/c1-4-6-14(7-8-14)9-17-10(5-2)16-11(12(17)15)13(18)19-3/h4-9,15H2,1-3H3. The molecule has 1 saturated carbocycles. The van der Waals surface area contributed by atoms with Crippen LogP contribution in [0.3, 0.4) is 0 Å². The number of hydrogen-bond acceptors (Lipinski definition) is 4. The zero-order chi connectivity index (χ0) is 14.0. The first-order valence-electron chi connectivity index (χ1n) is 7.00. The van der Waals surface area contributed by atoms with Crippen molar-refractivity contribution in [1.29, 1.82) is 0 Å². The highest BCUT2D eigenvalue weighted by Crippen LogP contribution is 2.51. The van der Waals surface area contributed by atoms with Crippen LogP contribution in [0.1, 0.15) is 55.8 Å². The van der Waals surface area contributed by atoms with E-state index in [1.54, 1.807) is 0 Å². The van der Waals surface area contributed by atoms with Crippen LogP contribution in [0.5, 0.6) is 0 Å². The molecule has 0 bridgehead atoms. The normalized spacial score (nSPS) is 16.4. The smallest absolute Gasteiger partial charge is 0.360 e. The number of nitrogens with zero attached hydrogens (tertiary/aromatic N) is 2. The third-order valence-electron chi connectivity index (χ3n) is 4.01. The van der Waals surface area contributed by atoms with Crippen molar-refractivity contribution in [3.63, 3.8) is 0 Å². The lowest BCUT2D eigenvalue weighted by atomic mass is 10.0. The number of aryl methyl sites for hydroxylation is 1. The van der Waals surface area contributed by atoms with Gasteiger partial charge in [0, 0.05) is 13.0 Å². The number of aromatic nitrogens is 2. The maximum atomic E-state index is 11.6. The molecule has 0 saturated heterocycles. The van der Waals surface area contributed by atoms with Gasteiger partial charge in [-0.15, -0.1) is 0 Å². The van der Waals surface area contributed by atoms with E-state index in [-0.39, 0.29) is 5.69 Å². The first-order chi connectivity index (χ1) is 9.06. The fraction of sp³-hybridized carbons (Fsp3) is 0.714.